The van der Waals surface area contributed by atoms with Crippen molar-refractivity contribution in [2.45, 2.75) is 46.5 Å². The lowest BCUT2D eigenvalue weighted by molar-refractivity contribution is -0.137. The lowest BCUT2D eigenvalue weighted by Gasteiger charge is -2.30. The molecule has 0 aliphatic heterocycles. The van der Waals surface area contributed by atoms with Crippen LogP contribution in [0.2, 0.25) is 0 Å². The van der Waals surface area contributed by atoms with Gasteiger partial charge in [-0.15, -0.1) is 0 Å². The smallest absolute Gasteiger partial charge is 0.303 e. The third kappa shape index (κ3) is 10.7. The minimum Gasteiger partial charge on any atom is -0.481 e. The van der Waals surface area contributed by atoms with Crippen molar-refractivity contribution < 1.29 is 23.1 Å². The van der Waals surface area contributed by atoms with E-state index in [1.165, 1.54) is 7.11 Å². The Morgan fingerprint density at radius 3 is 2.38 bits per heavy atom. The van der Waals surface area contributed by atoms with Gasteiger partial charge in [-0.1, -0.05) is 20.8 Å². The summed E-state index contributed by atoms with van der Waals surface area (Å²) in [5.74, 6) is -0.601. The van der Waals surface area contributed by atoms with Crippen LogP contribution < -0.4 is 4.72 Å². The van der Waals surface area contributed by atoms with Crippen LogP contribution >= 0.6 is 0 Å². The van der Waals surface area contributed by atoms with E-state index in [9.17, 15) is 13.2 Å². The molecule has 2 N–H and O–H groups in total. The largest absolute Gasteiger partial charge is 0.481 e. The molecule has 0 amide bonds. The number of ether oxygens (including phenoxy) is 1. The van der Waals surface area contributed by atoms with Crippen LogP contribution in [0, 0.1) is 11.3 Å². The number of hydrogen-bond donors (Lipinski definition) is 2. The molecule has 21 heavy (non-hydrogen) atoms. The van der Waals surface area contributed by atoms with Gasteiger partial charge >= 0.3 is 5.97 Å². The number of nitrogens with one attached hydrogen (secondary N) is 1. The highest BCUT2D eigenvalue weighted by Gasteiger charge is 2.25. The van der Waals surface area contributed by atoms with Gasteiger partial charge in [0, 0.05) is 26.7 Å². The number of methoxy groups -OCH3 is 1. The molecule has 0 spiro atoms. The molecule has 1 unspecified atom stereocenters. The topological polar surface area (TPSA) is 92.7 Å². The van der Waals surface area contributed by atoms with Gasteiger partial charge in [-0.3, -0.25) is 4.79 Å². The Bertz CT molecular complexity index is 400. The van der Waals surface area contributed by atoms with E-state index >= 15 is 0 Å². The number of carboxylic acid groups (broad SMARTS) is 1. The molecule has 0 saturated carbocycles. The van der Waals surface area contributed by atoms with Gasteiger partial charge in [0.05, 0.1) is 5.75 Å². The van der Waals surface area contributed by atoms with Gasteiger partial charge in [0.15, 0.2) is 0 Å². The summed E-state index contributed by atoms with van der Waals surface area (Å²) in [5, 5.41) is 8.78. The fourth-order valence-electron chi connectivity index (χ4n) is 2.16. The molecule has 6 nitrogen and oxygen atoms in total. The van der Waals surface area contributed by atoms with Gasteiger partial charge in [-0.2, -0.15) is 0 Å². The molecule has 7 heteroatoms. The number of carbonyl (C=O) groups is 1. The highest BCUT2D eigenvalue weighted by Crippen LogP contribution is 2.32. The predicted molar refractivity (Wildman–Crippen MR) is 82.7 cm³/mol. The zero-order valence-electron chi connectivity index (χ0n) is 13.5. The van der Waals surface area contributed by atoms with Crippen LogP contribution in [0.1, 0.15) is 46.5 Å². The average molecular weight is 323 g/mol. The molecule has 0 saturated heterocycles. The molecule has 126 valence electrons. The van der Waals surface area contributed by atoms with Crippen molar-refractivity contribution in [3.8, 4) is 0 Å². The van der Waals surface area contributed by atoms with E-state index in [-0.39, 0.29) is 23.5 Å². The number of aliphatic carboxylic acids is 1. The molecule has 0 fully saturated rings. The molecule has 0 aromatic heterocycles. The summed E-state index contributed by atoms with van der Waals surface area (Å²) >= 11 is 0. The van der Waals surface area contributed by atoms with Crippen molar-refractivity contribution in [3.05, 3.63) is 0 Å². The zero-order chi connectivity index (χ0) is 16.5. The number of carboxylic acids is 1. The molecule has 0 radical (unpaired) electrons. The summed E-state index contributed by atoms with van der Waals surface area (Å²) in [6.07, 6.45) is 1.78. The summed E-state index contributed by atoms with van der Waals surface area (Å²) in [6, 6.07) is 0. The predicted octanol–water partition coefficient (Wildman–Crippen LogP) is 1.86. The maximum atomic E-state index is 11.7. The van der Waals surface area contributed by atoms with E-state index < -0.39 is 16.0 Å². The Balaban J connectivity index is 4.27. The van der Waals surface area contributed by atoms with Gasteiger partial charge < -0.3 is 9.84 Å². The van der Waals surface area contributed by atoms with E-state index in [2.05, 4.69) is 4.72 Å². The monoisotopic (exact) mass is 323 g/mol. The van der Waals surface area contributed by atoms with Crippen LogP contribution in [0.25, 0.3) is 0 Å². The normalized spacial score (nSPS) is 14.1. The molecule has 0 bridgehead atoms. The number of sulfonamides is 1. The van der Waals surface area contributed by atoms with Gasteiger partial charge in [0.25, 0.3) is 0 Å². The summed E-state index contributed by atoms with van der Waals surface area (Å²) in [7, 11) is -1.73. The molecule has 0 aliphatic carbocycles. The molecule has 1 atom stereocenters. The Morgan fingerprint density at radius 2 is 1.90 bits per heavy atom. The quantitative estimate of drug-likeness (QED) is 0.566. The van der Waals surface area contributed by atoms with Gasteiger partial charge in [0.2, 0.25) is 10.0 Å². The average Bonchev–Trinajstić information content (AvgIpc) is 2.31. The minimum atomic E-state index is -3.27. The second-order valence-electron chi connectivity index (χ2n) is 6.34. The molecule has 0 aliphatic rings. The van der Waals surface area contributed by atoms with Crippen LogP contribution in [-0.2, 0) is 19.6 Å². The Kier molecular flexibility index (Phi) is 9.08. The molecule has 0 aromatic rings. The van der Waals surface area contributed by atoms with E-state index in [0.717, 1.165) is 0 Å². The van der Waals surface area contributed by atoms with E-state index in [1.807, 2.05) is 20.8 Å². The van der Waals surface area contributed by atoms with Gasteiger partial charge in [-0.25, -0.2) is 13.1 Å². The van der Waals surface area contributed by atoms with Crippen LogP contribution in [-0.4, -0.2) is 45.5 Å². The van der Waals surface area contributed by atoms with Crippen LogP contribution in [0.5, 0.6) is 0 Å². The first kappa shape index (κ1) is 20.3. The highest BCUT2D eigenvalue weighted by molar-refractivity contribution is 7.89. The van der Waals surface area contributed by atoms with Crippen molar-refractivity contribution in [2.75, 3.05) is 26.0 Å². The first-order valence-corrected chi connectivity index (χ1v) is 8.92. The summed E-state index contributed by atoms with van der Waals surface area (Å²) < 4.78 is 30.9. The lowest BCUT2D eigenvalue weighted by atomic mass is 9.76. The summed E-state index contributed by atoms with van der Waals surface area (Å²) in [5.41, 5.74) is -0.0447. The van der Waals surface area contributed by atoms with E-state index in [4.69, 9.17) is 9.84 Å². The van der Waals surface area contributed by atoms with Crippen molar-refractivity contribution >= 4 is 16.0 Å². The Hall–Kier alpha value is -0.660. The minimum absolute atomic E-state index is 0.0447. The number of hydrogen-bond acceptors (Lipinski definition) is 4. The Labute approximate surface area is 128 Å². The Morgan fingerprint density at radius 1 is 1.29 bits per heavy atom. The standard InChI is InChI=1S/C14H29NO5S/c1-14(2,3)12(6-7-13(16)17)8-9-15-21(18,19)11-5-10-20-4/h12,15H,5-11H2,1-4H3,(H,16,17). The van der Waals surface area contributed by atoms with Crippen molar-refractivity contribution in [2.24, 2.45) is 11.3 Å². The lowest BCUT2D eigenvalue weighted by Crippen LogP contribution is -2.31. The fourth-order valence-corrected chi connectivity index (χ4v) is 3.23. The van der Waals surface area contributed by atoms with Crippen molar-refractivity contribution in [1.82, 2.24) is 4.72 Å². The summed E-state index contributed by atoms with van der Waals surface area (Å²) in [6.45, 7) is 6.91. The van der Waals surface area contributed by atoms with Crippen molar-refractivity contribution in [3.63, 3.8) is 0 Å². The van der Waals surface area contributed by atoms with Crippen LogP contribution in [0.4, 0.5) is 0 Å². The van der Waals surface area contributed by atoms with Gasteiger partial charge in [0.1, 0.15) is 0 Å². The number of rotatable bonds is 11. The first-order chi connectivity index (χ1) is 9.58. The maximum Gasteiger partial charge on any atom is 0.303 e. The SMILES string of the molecule is COCCCS(=O)(=O)NCCC(CCC(=O)O)C(C)(C)C. The van der Waals surface area contributed by atoms with E-state index in [0.29, 0.717) is 32.4 Å². The molecule has 0 aromatic carbocycles. The second kappa shape index (κ2) is 9.38. The molecule has 0 rings (SSSR count). The first-order valence-electron chi connectivity index (χ1n) is 7.26. The van der Waals surface area contributed by atoms with Crippen molar-refractivity contribution in [1.29, 1.82) is 0 Å². The third-order valence-electron chi connectivity index (χ3n) is 3.51. The molecular weight excluding hydrogens is 294 g/mol. The molecular formula is C14H29NO5S. The summed E-state index contributed by atoms with van der Waals surface area (Å²) in [4.78, 5) is 10.7. The second-order valence-corrected chi connectivity index (χ2v) is 8.27. The highest BCUT2D eigenvalue weighted by atomic mass is 32.2. The fraction of sp³-hybridized carbons (Fsp3) is 0.929. The molecule has 0 heterocycles. The zero-order valence-corrected chi connectivity index (χ0v) is 14.3. The maximum absolute atomic E-state index is 11.7. The third-order valence-corrected chi connectivity index (χ3v) is 4.98. The van der Waals surface area contributed by atoms with Crippen LogP contribution in [0.3, 0.4) is 0 Å². The van der Waals surface area contributed by atoms with E-state index in [1.54, 1.807) is 0 Å². The van der Waals surface area contributed by atoms with Gasteiger partial charge in [-0.05, 0) is 30.6 Å². The van der Waals surface area contributed by atoms with Crippen LogP contribution in [0.15, 0.2) is 0 Å².